The second-order valence-electron chi connectivity index (χ2n) is 6.42. The van der Waals surface area contributed by atoms with Crippen LogP contribution in [-0.4, -0.2) is 32.8 Å². The van der Waals surface area contributed by atoms with E-state index in [-0.39, 0.29) is 6.79 Å². The van der Waals surface area contributed by atoms with Crippen LogP contribution in [0.3, 0.4) is 0 Å². The highest BCUT2D eigenvalue weighted by molar-refractivity contribution is 6.28. The van der Waals surface area contributed by atoms with Crippen LogP contribution in [-0.2, 0) is 0 Å². The highest BCUT2D eigenvalue weighted by atomic mass is 16.7. The van der Waals surface area contributed by atoms with Gasteiger partial charge < -0.3 is 18.9 Å². The fraction of sp³-hybridized carbons (Fsp3) is 0.143. The van der Waals surface area contributed by atoms with Gasteiger partial charge in [-0.3, -0.25) is 14.9 Å². The highest BCUT2D eigenvalue weighted by Gasteiger charge is 2.34. The highest BCUT2D eigenvalue weighted by Crippen LogP contribution is 2.47. The van der Waals surface area contributed by atoms with Crippen molar-refractivity contribution in [1.82, 2.24) is 5.32 Å². The number of hydrogen-bond donors (Lipinski definition) is 1. The van der Waals surface area contributed by atoms with Gasteiger partial charge in [0.25, 0.3) is 11.8 Å². The van der Waals surface area contributed by atoms with Crippen LogP contribution < -0.4 is 24.3 Å². The molecule has 3 aromatic carbocycles. The quantitative estimate of drug-likeness (QED) is 0.706. The molecular weight excluding hydrogens is 362 g/mol. The molecule has 7 heteroatoms. The maximum atomic E-state index is 12.6. The summed E-state index contributed by atoms with van der Waals surface area (Å²) >= 11 is 0. The molecule has 140 valence electrons. The number of amides is 2. The van der Waals surface area contributed by atoms with Crippen molar-refractivity contribution in [3.63, 3.8) is 0 Å². The van der Waals surface area contributed by atoms with Crippen molar-refractivity contribution in [2.24, 2.45) is 0 Å². The summed E-state index contributed by atoms with van der Waals surface area (Å²) in [7, 11) is 3.09. The molecule has 3 aromatic rings. The third-order valence-corrected chi connectivity index (χ3v) is 5.01. The fourth-order valence-corrected chi connectivity index (χ4v) is 3.78. The van der Waals surface area contributed by atoms with Crippen LogP contribution >= 0.6 is 0 Å². The molecule has 0 spiro atoms. The number of carbonyl (C=O) groups is 2. The maximum Gasteiger partial charge on any atom is 0.259 e. The minimum absolute atomic E-state index is 0.0992. The lowest BCUT2D eigenvalue weighted by Gasteiger charge is -2.15. The summed E-state index contributed by atoms with van der Waals surface area (Å²) in [6.07, 6.45) is 0. The van der Waals surface area contributed by atoms with Crippen molar-refractivity contribution in [2.75, 3.05) is 21.0 Å². The molecule has 2 aliphatic heterocycles. The summed E-state index contributed by atoms with van der Waals surface area (Å²) in [4.78, 5) is 25.0. The average molecular weight is 377 g/mol. The normalized spacial score (nSPS) is 14.2. The van der Waals surface area contributed by atoms with Crippen LogP contribution in [0.2, 0.25) is 0 Å². The Morgan fingerprint density at radius 3 is 2.50 bits per heavy atom. The summed E-state index contributed by atoms with van der Waals surface area (Å²) in [5.74, 6) is 1.37. The first-order valence-corrected chi connectivity index (χ1v) is 8.59. The second kappa shape index (κ2) is 5.88. The summed E-state index contributed by atoms with van der Waals surface area (Å²) in [6, 6.07) is 10.7. The zero-order valence-corrected chi connectivity index (χ0v) is 15.1. The van der Waals surface area contributed by atoms with Crippen molar-refractivity contribution in [2.45, 2.75) is 0 Å². The van der Waals surface area contributed by atoms with E-state index in [0.29, 0.717) is 50.6 Å². The maximum absolute atomic E-state index is 12.6. The molecule has 2 heterocycles. The number of imide groups is 1. The zero-order valence-electron chi connectivity index (χ0n) is 15.1. The standard InChI is InChI=1S/C21H15NO6/c1-25-13-5-3-11(8-15(13)26-2)16-17-10(4-6-14-19(17)28-9-27-14)7-12-18(16)21(24)22-20(12)23/h3-8H,9H2,1-2H3,(H,22,23,24). The van der Waals surface area contributed by atoms with Gasteiger partial charge in [0.05, 0.1) is 25.3 Å². The monoisotopic (exact) mass is 377 g/mol. The number of carbonyl (C=O) groups excluding carboxylic acids is 2. The number of methoxy groups -OCH3 is 2. The van der Waals surface area contributed by atoms with E-state index in [1.807, 2.05) is 12.1 Å². The smallest absolute Gasteiger partial charge is 0.259 e. The van der Waals surface area contributed by atoms with Crippen molar-refractivity contribution < 1.29 is 28.5 Å². The van der Waals surface area contributed by atoms with Gasteiger partial charge in [-0.15, -0.1) is 0 Å². The van der Waals surface area contributed by atoms with E-state index < -0.39 is 11.8 Å². The molecule has 0 bridgehead atoms. The van der Waals surface area contributed by atoms with Crippen LogP contribution in [0.4, 0.5) is 0 Å². The van der Waals surface area contributed by atoms with E-state index in [0.717, 1.165) is 5.39 Å². The van der Waals surface area contributed by atoms with Crippen LogP contribution in [0.5, 0.6) is 23.0 Å². The summed E-state index contributed by atoms with van der Waals surface area (Å²) < 4.78 is 22.0. The third kappa shape index (κ3) is 2.16. The van der Waals surface area contributed by atoms with Crippen LogP contribution in [0.1, 0.15) is 20.7 Å². The Morgan fingerprint density at radius 2 is 1.71 bits per heavy atom. The molecule has 0 aliphatic carbocycles. The lowest BCUT2D eigenvalue weighted by Crippen LogP contribution is -2.20. The molecular formula is C21H15NO6. The number of fused-ring (bicyclic) bond motifs is 4. The first-order chi connectivity index (χ1) is 13.6. The Bertz CT molecular complexity index is 1180. The van der Waals surface area contributed by atoms with Crippen LogP contribution in [0, 0.1) is 0 Å². The molecule has 2 aliphatic rings. The topological polar surface area (TPSA) is 83.1 Å². The van der Waals surface area contributed by atoms with Crippen molar-refractivity contribution >= 4 is 22.6 Å². The molecule has 28 heavy (non-hydrogen) atoms. The Hall–Kier alpha value is -3.74. The van der Waals surface area contributed by atoms with E-state index in [2.05, 4.69) is 5.32 Å². The molecule has 7 nitrogen and oxygen atoms in total. The van der Waals surface area contributed by atoms with Gasteiger partial charge >= 0.3 is 0 Å². The molecule has 0 unspecified atom stereocenters. The van der Waals surface area contributed by atoms with Gasteiger partial charge in [-0.05, 0) is 35.2 Å². The van der Waals surface area contributed by atoms with Gasteiger partial charge in [0.1, 0.15) is 0 Å². The summed E-state index contributed by atoms with van der Waals surface area (Å²) in [6.45, 7) is 0.0992. The van der Waals surface area contributed by atoms with E-state index in [4.69, 9.17) is 18.9 Å². The van der Waals surface area contributed by atoms with Crippen LogP contribution in [0.25, 0.3) is 21.9 Å². The Morgan fingerprint density at radius 1 is 0.893 bits per heavy atom. The van der Waals surface area contributed by atoms with Gasteiger partial charge in [0, 0.05) is 10.9 Å². The SMILES string of the molecule is COc1ccc(-c2c3c(cc4ccc5c(c24)OCO5)C(=O)NC3=O)cc1OC. The molecule has 5 rings (SSSR count). The molecule has 0 fully saturated rings. The van der Waals surface area contributed by atoms with Gasteiger partial charge in [-0.2, -0.15) is 0 Å². The lowest BCUT2D eigenvalue weighted by atomic mass is 9.89. The van der Waals surface area contributed by atoms with Crippen LogP contribution in [0.15, 0.2) is 36.4 Å². The molecule has 0 atom stereocenters. The largest absolute Gasteiger partial charge is 0.493 e. The first kappa shape index (κ1) is 16.4. The Kier molecular flexibility index (Phi) is 3.45. The van der Waals surface area contributed by atoms with Gasteiger partial charge in [0.15, 0.2) is 23.0 Å². The molecule has 0 radical (unpaired) electrons. The molecule has 2 amide bonds. The predicted molar refractivity (Wildman–Crippen MR) is 100 cm³/mol. The van der Waals surface area contributed by atoms with E-state index in [1.54, 1.807) is 38.5 Å². The number of nitrogens with one attached hydrogen (secondary N) is 1. The number of benzene rings is 3. The number of rotatable bonds is 3. The van der Waals surface area contributed by atoms with E-state index in [1.165, 1.54) is 0 Å². The number of hydrogen-bond acceptors (Lipinski definition) is 6. The van der Waals surface area contributed by atoms with Crippen molar-refractivity contribution in [3.05, 3.63) is 47.5 Å². The Balaban J connectivity index is 1.92. The van der Waals surface area contributed by atoms with Gasteiger partial charge in [-0.1, -0.05) is 12.1 Å². The first-order valence-electron chi connectivity index (χ1n) is 8.59. The second-order valence-corrected chi connectivity index (χ2v) is 6.42. The molecule has 1 N–H and O–H groups in total. The minimum atomic E-state index is -0.441. The molecule has 0 saturated carbocycles. The summed E-state index contributed by atoms with van der Waals surface area (Å²) in [5, 5.41) is 3.87. The zero-order chi connectivity index (χ0) is 19.4. The van der Waals surface area contributed by atoms with Gasteiger partial charge in [0.2, 0.25) is 6.79 Å². The van der Waals surface area contributed by atoms with Crippen molar-refractivity contribution in [1.29, 1.82) is 0 Å². The average Bonchev–Trinajstić information content (AvgIpc) is 3.30. The third-order valence-electron chi connectivity index (χ3n) is 5.01. The lowest BCUT2D eigenvalue weighted by molar-refractivity contribution is 0.0880. The minimum Gasteiger partial charge on any atom is -0.493 e. The predicted octanol–water partition coefficient (Wildman–Crippen LogP) is 3.14. The molecule has 0 saturated heterocycles. The Labute approximate surface area is 159 Å². The van der Waals surface area contributed by atoms with Gasteiger partial charge in [-0.25, -0.2) is 0 Å². The van der Waals surface area contributed by atoms with E-state index >= 15 is 0 Å². The number of ether oxygens (including phenoxy) is 4. The molecule has 0 aromatic heterocycles. The van der Waals surface area contributed by atoms with E-state index in [9.17, 15) is 9.59 Å². The fourth-order valence-electron chi connectivity index (χ4n) is 3.78. The van der Waals surface area contributed by atoms with Crippen molar-refractivity contribution in [3.8, 4) is 34.1 Å². The summed E-state index contributed by atoms with van der Waals surface area (Å²) in [5.41, 5.74) is 1.95.